The van der Waals surface area contributed by atoms with Gasteiger partial charge >= 0.3 is 0 Å². The molecule has 33 heavy (non-hydrogen) atoms. The molecule has 0 saturated heterocycles. The Morgan fingerprint density at radius 2 is 1.67 bits per heavy atom. The Morgan fingerprint density at radius 3 is 2.27 bits per heavy atom. The van der Waals surface area contributed by atoms with E-state index in [9.17, 15) is 5.11 Å². The summed E-state index contributed by atoms with van der Waals surface area (Å²) in [6, 6.07) is 0. The third kappa shape index (κ3) is 5.34. The molecule has 3 aliphatic carbocycles. The van der Waals surface area contributed by atoms with E-state index in [1.807, 2.05) is 0 Å². The van der Waals surface area contributed by atoms with Gasteiger partial charge in [0.25, 0.3) is 0 Å². The van der Waals surface area contributed by atoms with E-state index in [1.165, 1.54) is 44.1 Å². The van der Waals surface area contributed by atoms with Crippen molar-refractivity contribution in [2.24, 2.45) is 51.8 Å². The first-order valence-electron chi connectivity index (χ1n) is 14.2. The summed E-state index contributed by atoms with van der Waals surface area (Å²) in [5.41, 5.74) is 4.29. The van der Waals surface area contributed by atoms with Crippen molar-refractivity contribution in [3.05, 3.63) is 23.3 Å². The largest absolute Gasteiger partial charge is 0.393 e. The number of hydrogen-bond donors (Lipinski definition) is 1. The van der Waals surface area contributed by atoms with Gasteiger partial charge in [0.2, 0.25) is 0 Å². The highest BCUT2D eigenvalue weighted by atomic mass is 16.3. The van der Waals surface area contributed by atoms with E-state index < -0.39 is 0 Å². The molecule has 0 amide bonds. The van der Waals surface area contributed by atoms with Crippen molar-refractivity contribution < 1.29 is 5.11 Å². The number of rotatable bonds is 5. The van der Waals surface area contributed by atoms with Crippen molar-refractivity contribution in [2.45, 2.75) is 127 Å². The zero-order chi connectivity index (χ0) is 24.8. The van der Waals surface area contributed by atoms with Crippen molar-refractivity contribution in [1.82, 2.24) is 0 Å². The maximum absolute atomic E-state index is 10.2. The molecule has 0 aromatic heterocycles. The molecule has 0 bridgehead atoms. The lowest BCUT2D eigenvalue weighted by atomic mass is 9.54. The average Bonchev–Trinajstić information content (AvgIpc) is 3.06. The van der Waals surface area contributed by atoms with Crippen molar-refractivity contribution in [3.8, 4) is 0 Å². The zero-order valence-corrected chi connectivity index (χ0v) is 23.8. The molecule has 0 aromatic carbocycles. The minimum Gasteiger partial charge on any atom is -0.393 e. The van der Waals surface area contributed by atoms with Crippen molar-refractivity contribution >= 4 is 0 Å². The molecule has 0 aromatic rings. The Bertz CT molecular complexity index is 722. The minimum atomic E-state index is -0.132. The quantitative estimate of drug-likeness (QED) is 0.437. The van der Waals surface area contributed by atoms with Gasteiger partial charge in [0.1, 0.15) is 0 Å². The van der Waals surface area contributed by atoms with Crippen LogP contribution in [0.4, 0.5) is 0 Å². The molecular weight excluding hydrogens is 400 g/mol. The summed E-state index contributed by atoms with van der Waals surface area (Å²) >= 11 is 0. The van der Waals surface area contributed by atoms with E-state index in [1.54, 1.807) is 5.57 Å². The van der Waals surface area contributed by atoms with Crippen molar-refractivity contribution in [3.63, 3.8) is 0 Å². The van der Waals surface area contributed by atoms with Crippen LogP contribution in [0.15, 0.2) is 23.3 Å². The fourth-order valence-electron chi connectivity index (χ4n) is 8.13. The summed E-state index contributed by atoms with van der Waals surface area (Å²) < 4.78 is 0. The van der Waals surface area contributed by atoms with E-state index >= 15 is 0 Å². The van der Waals surface area contributed by atoms with E-state index in [4.69, 9.17) is 0 Å². The summed E-state index contributed by atoms with van der Waals surface area (Å²) in [7, 11) is 0. The number of fused-ring (bicyclic) bond motifs is 1. The van der Waals surface area contributed by atoms with Gasteiger partial charge in [-0.1, -0.05) is 92.5 Å². The molecule has 1 nitrogen and oxygen atoms in total. The molecule has 0 spiro atoms. The monoisotopic (exact) mass is 456 g/mol. The summed E-state index contributed by atoms with van der Waals surface area (Å²) in [5, 5.41) is 10.2. The molecule has 1 N–H and O–H groups in total. The number of aliphatic hydroxyl groups is 1. The standard InChI is InChI=1S/C32H56O/c1-21-18-25(20-27(33)19-21)13-14-26-12-11-17-32(10)28(15-16-29(26)32)23(3)22(2)24(4)31(8,9)30(5,6)7/h13-14,21-24,27-29,33H,11-12,15-20H2,1-10H3/b25-13-,26-14+/t21-,22?,23?,24?,27+,28?,29?,32?/m1/s1. The van der Waals surface area contributed by atoms with Gasteiger partial charge in [0.15, 0.2) is 0 Å². The topological polar surface area (TPSA) is 20.2 Å². The highest BCUT2D eigenvalue weighted by Gasteiger charge is 2.52. The molecule has 3 aliphatic rings. The SMILES string of the molecule is CC(C(C)C(C)C(C)(C)C(C)(C)C)C1CCC2/C(=C/C=C3/C[C@@H](C)C[C@H](O)C3)CCCC21C. The lowest BCUT2D eigenvalue weighted by molar-refractivity contribution is -0.00892. The Balaban J connectivity index is 1.77. The molecule has 0 radical (unpaired) electrons. The third-order valence-electron chi connectivity index (χ3n) is 11.7. The minimum absolute atomic E-state index is 0.132. The summed E-state index contributed by atoms with van der Waals surface area (Å²) in [4.78, 5) is 0. The average molecular weight is 457 g/mol. The molecule has 6 unspecified atom stereocenters. The Kier molecular flexibility index (Phi) is 8.05. The van der Waals surface area contributed by atoms with Crippen LogP contribution < -0.4 is 0 Å². The van der Waals surface area contributed by atoms with E-state index in [-0.39, 0.29) is 6.10 Å². The third-order valence-corrected chi connectivity index (χ3v) is 11.7. The van der Waals surface area contributed by atoms with Crippen molar-refractivity contribution in [2.75, 3.05) is 0 Å². The first-order valence-corrected chi connectivity index (χ1v) is 14.2. The first-order chi connectivity index (χ1) is 15.2. The molecule has 190 valence electrons. The number of hydrogen-bond acceptors (Lipinski definition) is 1. The second kappa shape index (κ2) is 9.83. The Hall–Kier alpha value is -0.560. The maximum atomic E-state index is 10.2. The molecule has 1 heteroatoms. The van der Waals surface area contributed by atoms with Crippen LogP contribution >= 0.6 is 0 Å². The molecule has 8 atom stereocenters. The van der Waals surface area contributed by atoms with Crippen LogP contribution in [0.25, 0.3) is 0 Å². The Labute approximate surface area is 206 Å². The highest BCUT2D eigenvalue weighted by molar-refractivity contribution is 5.26. The summed E-state index contributed by atoms with van der Waals surface area (Å²) in [6.07, 6.45) is 14.6. The maximum Gasteiger partial charge on any atom is 0.0580 e. The van der Waals surface area contributed by atoms with Crippen LogP contribution in [-0.4, -0.2) is 11.2 Å². The van der Waals surface area contributed by atoms with Crippen LogP contribution in [-0.2, 0) is 0 Å². The van der Waals surface area contributed by atoms with Gasteiger partial charge in [-0.2, -0.15) is 0 Å². The smallest absolute Gasteiger partial charge is 0.0580 e. The number of aliphatic hydroxyl groups excluding tert-OH is 1. The summed E-state index contributed by atoms with van der Waals surface area (Å²) in [6.45, 7) is 24.9. The molecule has 3 saturated carbocycles. The van der Waals surface area contributed by atoms with Crippen molar-refractivity contribution in [1.29, 1.82) is 0 Å². The molecular formula is C32H56O. The second-order valence-corrected chi connectivity index (χ2v) is 14.5. The predicted octanol–water partition coefficient (Wildman–Crippen LogP) is 9.22. The molecule has 0 aliphatic heterocycles. The van der Waals surface area contributed by atoms with Gasteiger partial charge in [0, 0.05) is 0 Å². The van der Waals surface area contributed by atoms with Gasteiger partial charge in [-0.3, -0.25) is 0 Å². The zero-order valence-electron chi connectivity index (χ0n) is 23.8. The first kappa shape index (κ1) is 27.0. The summed E-state index contributed by atoms with van der Waals surface area (Å²) in [5.74, 6) is 4.43. The fourth-order valence-corrected chi connectivity index (χ4v) is 8.13. The van der Waals surface area contributed by atoms with Gasteiger partial charge in [-0.15, -0.1) is 0 Å². The lowest BCUT2D eigenvalue weighted by Gasteiger charge is -2.50. The van der Waals surface area contributed by atoms with E-state index in [0.29, 0.717) is 28.1 Å². The van der Waals surface area contributed by atoms with Crippen LogP contribution in [0.2, 0.25) is 0 Å². The van der Waals surface area contributed by atoms with Crippen LogP contribution in [0, 0.1) is 51.8 Å². The normalized spacial score (nSPS) is 38.9. The predicted molar refractivity (Wildman–Crippen MR) is 144 cm³/mol. The van der Waals surface area contributed by atoms with Gasteiger partial charge < -0.3 is 5.11 Å². The van der Waals surface area contributed by atoms with Gasteiger partial charge in [-0.05, 0) is 103 Å². The fraction of sp³-hybridized carbons (Fsp3) is 0.875. The van der Waals surface area contributed by atoms with E-state index in [2.05, 4.69) is 81.4 Å². The van der Waals surface area contributed by atoms with Gasteiger partial charge in [0.05, 0.1) is 6.10 Å². The molecule has 0 heterocycles. The van der Waals surface area contributed by atoms with Gasteiger partial charge in [-0.25, -0.2) is 0 Å². The Morgan fingerprint density at radius 1 is 1.00 bits per heavy atom. The van der Waals surface area contributed by atoms with Crippen LogP contribution in [0.1, 0.15) is 121 Å². The molecule has 3 rings (SSSR count). The second-order valence-electron chi connectivity index (χ2n) is 14.5. The van der Waals surface area contributed by atoms with E-state index in [0.717, 1.165) is 36.5 Å². The molecule has 3 fully saturated rings. The lowest BCUT2D eigenvalue weighted by Crippen LogP contribution is -2.43. The van der Waals surface area contributed by atoms with Crippen LogP contribution in [0.5, 0.6) is 0 Å². The number of allylic oxidation sites excluding steroid dienone is 3. The van der Waals surface area contributed by atoms with Crippen LogP contribution in [0.3, 0.4) is 0 Å². The highest BCUT2D eigenvalue weighted by Crippen LogP contribution is 2.61.